The maximum absolute atomic E-state index is 13.1. The number of nitrogens with one attached hydrogen (secondary N) is 2. The summed E-state index contributed by atoms with van der Waals surface area (Å²) in [6.45, 7) is 3.43. The third kappa shape index (κ3) is 4.04. The van der Waals surface area contributed by atoms with Gasteiger partial charge < -0.3 is 20.1 Å². The van der Waals surface area contributed by atoms with E-state index in [1.54, 1.807) is 19.1 Å². The number of carbonyl (C=O) groups is 2. The van der Waals surface area contributed by atoms with E-state index in [0.717, 1.165) is 17.7 Å². The van der Waals surface area contributed by atoms with E-state index in [0.29, 0.717) is 11.3 Å². The first-order valence-corrected chi connectivity index (χ1v) is 9.47. The lowest BCUT2D eigenvalue weighted by atomic mass is 9.73. The molecule has 6 nitrogen and oxygen atoms in total. The molecule has 0 fully saturated rings. The Morgan fingerprint density at radius 2 is 1.65 bits per heavy atom. The first kappa shape index (κ1) is 22.5. The summed E-state index contributed by atoms with van der Waals surface area (Å²) in [4.78, 5) is 25.7. The number of ether oxygens (including phenoxy) is 2. The van der Waals surface area contributed by atoms with Crippen LogP contribution in [0.3, 0.4) is 0 Å². The van der Waals surface area contributed by atoms with Crippen molar-refractivity contribution >= 4 is 23.3 Å². The first-order valence-electron chi connectivity index (χ1n) is 9.47. The molecular weight excluding hydrogens is 413 g/mol. The molecule has 0 bridgehead atoms. The van der Waals surface area contributed by atoms with E-state index in [1.165, 1.54) is 26.4 Å². The average molecular weight is 436 g/mol. The van der Waals surface area contributed by atoms with Crippen LogP contribution in [0.5, 0.6) is 0 Å². The second kappa shape index (κ2) is 7.79. The Hall–Kier alpha value is -3.23. The second-order valence-electron chi connectivity index (χ2n) is 7.77. The summed E-state index contributed by atoms with van der Waals surface area (Å²) in [7, 11) is 2.45. The molecule has 2 atom stereocenters. The number of carbonyl (C=O) groups excluding carboxylic acids is 2. The number of halogens is 3. The van der Waals surface area contributed by atoms with E-state index in [1.807, 2.05) is 13.0 Å². The largest absolute Gasteiger partial charge is 0.467 e. The number of fused-ring (bicyclic) bond motifs is 1. The van der Waals surface area contributed by atoms with E-state index in [-0.39, 0.29) is 12.1 Å². The number of rotatable bonds is 4. The Bertz CT molecular complexity index is 1010. The highest BCUT2D eigenvalue weighted by atomic mass is 19.4. The van der Waals surface area contributed by atoms with Gasteiger partial charge in [-0.05, 0) is 44.2 Å². The summed E-state index contributed by atoms with van der Waals surface area (Å²) < 4.78 is 48.9. The molecule has 0 saturated heterocycles. The Morgan fingerprint density at radius 3 is 2.19 bits per heavy atom. The van der Waals surface area contributed by atoms with Crippen LogP contribution in [0.2, 0.25) is 0 Å². The summed E-state index contributed by atoms with van der Waals surface area (Å²) in [6.07, 6.45) is -4.59. The zero-order chi connectivity index (χ0) is 23.0. The van der Waals surface area contributed by atoms with Crippen LogP contribution >= 0.6 is 0 Å². The van der Waals surface area contributed by atoms with Crippen LogP contribution < -0.4 is 10.6 Å². The van der Waals surface area contributed by atoms with E-state index in [4.69, 9.17) is 9.47 Å². The number of anilines is 2. The Labute approximate surface area is 177 Å². The standard InChI is InChI=1S/C22H23F3N2O4/c1-13-5-10-17-16(11-13)21(19(29)31-4,12-20(2,27-17)18(28)30-3)26-15-8-6-14(7-9-15)22(23,24)25/h5-11,26-27H,12H2,1-4H3/t20-,21+/m1/s1. The van der Waals surface area contributed by atoms with Gasteiger partial charge >= 0.3 is 18.1 Å². The van der Waals surface area contributed by atoms with Crippen molar-refractivity contribution in [1.82, 2.24) is 0 Å². The zero-order valence-electron chi connectivity index (χ0n) is 17.5. The molecule has 1 heterocycles. The second-order valence-corrected chi connectivity index (χ2v) is 7.77. The number of hydrogen-bond acceptors (Lipinski definition) is 6. The highest BCUT2D eigenvalue weighted by molar-refractivity contribution is 5.94. The lowest BCUT2D eigenvalue weighted by molar-refractivity contribution is -0.151. The van der Waals surface area contributed by atoms with E-state index in [9.17, 15) is 22.8 Å². The molecule has 0 spiro atoms. The average Bonchev–Trinajstić information content (AvgIpc) is 2.72. The van der Waals surface area contributed by atoms with Crippen molar-refractivity contribution in [3.05, 3.63) is 59.2 Å². The normalized spacial score (nSPS) is 22.7. The molecule has 2 aromatic carbocycles. The van der Waals surface area contributed by atoms with Crippen molar-refractivity contribution in [2.75, 3.05) is 24.9 Å². The van der Waals surface area contributed by atoms with Gasteiger partial charge in [0.15, 0.2) is 5.54 Å². The van der Waals surface area contributed by atoms with Crippen LogP contribution in [0.25, 0.3) is 0 Å². The van der Waals surface area contributed by atoms with Gasteiger partial charge in [0, 0.05) is 23.4 Å². The quantitative estimate of drug-likeness (QED) is 0.699. The summed E-state index contributed by atoms with van der Waals surface area (Å²) in [6, 6.07) is 9.64. The topological polar surface area (TPSA) is 76.7 Å². The van der Waals surface area contributed by atoms with Gasteiger partial charge in [-0.15, -0.1) is 0 Å². The molecule has 0 amide bonds. The van der Waals surface area contributed by atoms with Crippen LogP contribution in [0.15, 0.2) is 42.5 Å². The number of benzene rings is 2. The number of alkyl halides is 3. The van der Waals surface area contributed by atoms with E-state index >= 15 is 0 Å². The molecule has 166 valence electrons. The van der Waals surface area contributed by atoms with E-state index < -0.39 is 34.8 Å². The van der Waals surface area contributed by atoms with Gasteiger partial charge in [-0.25, -0.2) is 9.59 Å². The fourth-order valence-corrected chi connectivity index (χ4v) is 3.94. The smallest absolute Gasteiger partial charge is 0.416 e. The van der Waals surface area contributed by atoms with Crippen LogP contribution in [0.1, 0.15) is 30.0 Å². The van der Waals surface area contributed by atoms with Gasteiger partial charge in [0.2, 0.25) is 0 Å². The molecular formula is C22H23F3N2O4. The maximum Gasteiger partial charge on any atom is 0.416 e. The molecule has 2 aromatic rings. The number of esters is 2. The van der Waals surface area contributed by atoms with Crippen LogP contribution in [0, 0.1) is 6.92 Å². The van der Waals surface area contributed by atoms with Crippen LogP contribution in [0.4, 0.5) is 24.5 Å². The highest BCUT2D eigenvalue weighted by Crippen LogP contribution is 2.46. The van der Waals surface area contributed by atoms with Crippen molar-refractivity contribution in [1.29, 1.82) is 0 Å². The number of methoxy groups -OCH3 is 2. The molecule has 1 aliphatic rings. The predicted octanol–water partition coefficient (Wildman–Crippen LogP) is 4.24. The molecule has 9 heteroatoms. The summed E-state index contributed by atoms with van der Waals surface area (Å²) in [5.41, 5.74) is -1.53. The van der Waals surface area contributed by atoms with Crippen molar-refractivity contribution in [3.8, 4) is 0 Å². The van der Waals surface area contributed by atoms with Crippen LogP contribution in [-0.4, -0.2) is 31.7 Å². The SMILES string of the molecule is COC(=O)[C@@]1(C)C[C@@](Nc2ccc(C(F)(F)F)cc2)(C(=O)OC)c2cc(C)ccc2N1. The molecule has 0 unspecified atom stereocenters. The van der Waals surface area contributed by atoms with Gasteiger partial charge in [0.1, 0.15) is 5.54 Å². The molecule has 0 aromatic heterocycles. The summed E-state index contributed by atoms with van der Waals surface area (Å²) >= 11 is 0. The van der Waals surface area contributed by atoms with Gasteiger partial charge in [-0.3, -0.25) is 0 Å². The van der Waals surface area contributed by atoms with Gasteiger partial charge in [0.05, 0.1) is 19.8 Å². The summed E-state index contributed by atoms with van der Waals surface area (Å²) in [5, 5.41) is 6.18. The van der Waals surface area contributed by atoms with Crippen LogP contribution in [-0.2, 0) is 30.8 Å². The lowest BCUT2D eigenvalue weighted by Crippen LogP contribution is -2.59. The fraction of sp³-hybridized carbons (Fsp3) is 0.364. The molecule has 0 radical (unpaired) electrons. The lowest BCUT2D eigenvalue weighted by Gasteiger charge is -2.46. The van der Waals surface area contributed by atoms with Crippen molar-refractivity contribution in [2.45, 2.75) is 37.5 Å². The molecule has 0 aliphatic carbocycles. The Kier molecular flexibility index (Phi) is 5.64. The van der Waals surface area contributed by atoms with E-state index in [2.05, 4.69) is 10.6 Å². The monoisotopic (exact) mass is 436 g/mol. The number of aryl methyl sites for hydroxylation is 1. The third-order valence-corrected chi connectivity index (χ3v) is 5.40. The minimum atomic E-state index is -4.49. The van der Waals surface area contributed by atoms with Gasteiger partial charge in [-0.1, -0.05) is 17.7 Å². The van der Waals surface area contributed by atoms with Gasteiger partial charge in [0.25, 0.3) is 0 Å². The molecule has 1 aliphatic heterocycles. The molecule has 3 rings (SSSR count). The van der Waals surface area contributed by atoms with Crippen molar-refractivity contribution in [2.24, 2.45) is 0 Å². The summed E-state index contributed by atoms with van der Waals surface area (Å²) in [5.74, 6) is -1.28. The van der Waals surface area contributed by atoms with Gasteiger partial charge in [-0.2, -0.15) is 13.2 Å². The number of hydrogen-bond donors (Lipinski definition) is 2. The minimum absolute atomic E-state index is 0.100. The molecule has 2 N–H and O–H groups in total. The Morgan fingerprint density at radius 1 is 1.03 bits per heavy atom. The molecule has 31 heavy (non-hydrogen) atoms. The van der Waals surface area contributed by atoms with Crippen molar-refractivity contribution < 1.29 is 32.2 Å². The third-order valence-electron chi connectivity index (χ3n) is 5.40. The zero-order valence-corrected chi connectivity index (χ0v) is 17.5. The maximum atomic E-state index is 13.1. The molecule has 0 saturated carbocycles. The minimum Gasteiger partial charge on any atom is -0.467 e. The highest BCUT2D eigenvalue weighted by Gasteiger charge is 2.55. The fourth-order valence-electron chi connectivity index (χ4n) is 3.94. The first-order chi connectivity index (χ1) is 14.4. The Balaban J connectivity index is 2.17. The predicted molar refractivity (Wildman–Crippen MR) is 109 cm³/mol. The van der Waals surface area contributed by atoms with Crippen molar-refractivity contribution in [3.63, 3.8) is 0 Å².